The van der Waals surface area contributed by atoms with Gasteiger partial charge in [0.2, 0.25) is 5.89 Å². The van der Waals surface area contributed by atoms with Crippen LogP contribution in [0.4, 0.5) is 0 Å². The number of aryl methyl sites for hydroxylation is 2. The minimum absolute atomic E-state index is 0.127. The molecular formula is C21H20N2O2. The lowest BCUT2D eigenvalue weighted by Crippen LogP contribution is -2.30. The summed E-state index contributed by atoms with van der Waals surface area (Å²) >= 11 is 0. The molecule has 1 aliphatic heterocycles. The van der Waals surface area contributed by atoms with E-state index in [1.807, 2.05) is 6.07 Å². The maximum atomic E-state index is 6.11. The molecule has 0 aliphatic carbocycles. The fourth-order valence-corrected chi connectivity index (χ4v) is 3.82. The first-order valence-electron chi connectivity index (χ1n) is 8.67. The maximum absolute atomic E-state index is 6.11. The normalized spacial score (nSPS) is 18.1. The van der Waals surface area contributed by atoms with Crippen molar-refractivity contribution in [3.63, 3.8) is 0 Å². The van der Waals surface area contributed by atoms with Gasteiger partial charge in [0.25, 0.3) is 0 Å². The predicted octanol–water partition coefficient (Wildman–Crippen LogP) is 4.92. The van der Waals surface area contributed by atoms with Gasteiger partial charge >= 0.3 is 0 Å². The van der Waals surface area contributed by atoms with E-state index in [1.165, 1.54) is 22.1 Å². The number of rotatable bonds is 1. The average molecular weight is 332 g/mol. The van der Waals surface area contributed by atoms with Gasteiger partial charge in [-0.2, -0.15) is 0 Å². The minimum atomic E-state index is 0.127. The highest BCUT2D eigenvalue weighted by Gasteiger charge is 2.32. The number of aromatic nitrogens is 1. The molecule has 0 N–H and O–H groups in total. The molecular weight excluding hydrogens is 312 g/mol. The first-order chi connectivity index (χ1) is 12.1. The fraction of sp³-hybridized carbons (Fsp3) is 0.286. The Labute approximate surface area is 146 Å². The maximum Gasteiger partial charge on any atom is 0.213 e. The molecule has 126 valence electrons. The van der Waals surface area contributed by atoms with E-state index in [4.69, 9.17) is 13.8 Å². The van der Waals surface area contributed by atoms with Crippen molar-refractivity contribution < 1.29 is 8.83 Å². The number of fused-ring (bicyclic) bond motifs is 4. The van der Waals surface area contributed by atoms with Crippen molar-refractivity contribution in [2.45, 2.75) is 32.9 Å². The van der Waals surface area contributed by atoms with Crippen LogP contribution in [0.5, 0.6) is 0 Å². The molecule has 0 amide bonds. The van der Waals surface area contributed by atoms with Crippen LogP contribution in [0.15, 0.2) is 45.2 Å². The first kappa shape index (κ1) is 14.7. The molecule has 3 heterocycles. The van der Waals surface area contributed by atoms with Gasteiger partial charge in [0.1, 0.15) is 16.9 Å². The zero-order chi connectivity index (χ0) is 17.1. The average Bonchev–Trinajstić information content (AvgIpc) is 3.13. The van der Waals surface area contributed by atoms with Crippen LogP contribution in [-0.4, -0.2) is 16.9 Å². The van der Waals surface area contributed by atoms with Crippen molar-refractivity contribution in [2.24, 2.45) is 0 Å². The lowest BCUT2D eigenvalue weighted by atomic mass is 9.97. The molecule has 0 radical (unpaired) electrons. The Hall–Kier alpha value is -2.59. The van der Waals surface area contributed by atoms with Crippen molar-refractivity contribution in [1.82, 2.24) is 9.88 Å². The molecule has 0 bridgehead atoms. The summed E-state index contributed by atoms with van der Waals surface area (Å²) in [6, 6.07) is 12.7. The molecule has 0 fully saturated rings. The van der Waals surface area contributed by atoms with Gasteiger partial charge in [-0.1, -0.05) is 18.2 Å². The van der Waals surface area contributed by atoms with Crippen LogP contribution in [0.2, 0.25) is 0 Å². The number of oxazole rings is 1. The van der Waals surface area contributed by atoms with Gasteiger partial charge < -0.3 is 8.83 Å². The zero-order valence-corrected chi connectivity index (χ0v) is 14.7. The smallest absolute Gasteiger partial charge is 0.213 e. The molecule has 2 aromatic carbocycles. The van der Waals surface area contributed by atoms with Gasteiger partial charge in [-0.05, 0) is 50.2 Å². The topological polar surface area (TPSA) is 42.4 Å². The van der Waals surface area contributed by atoms with Crippen LogP contribution in [0.3, 0.4) is 0 Å². The van der Waals surface area contributed by atoms with Crippen molar-refractivity contribution in [1.29, 1.82) is 0 Å². The van der Waals surface area contributed by atoms with Crippen LogP contribution in [0.25, 0.3) is 22.1 Å². The molecule has 1 atom stereocenters. The number of nitrogens with zero attached hydrogens (tertiary/aromatic N) is 2. The van der Waals surface area contributed by atoms with E-state index in [-0.39, 0.29) is 6.04 Å². The van der Waals surface area contributed by atoms with E-state index in [1.54, 1.807) is 0 Å². The quantitative estimate of drug-likeness (QED) is 0.496. The summed E-state index contributed by atoms with van der Waals surface area (Å²) in [5.74, 6) is 1.85. The Balaban J connectivity index is 1.60. The van der Waals surface area contributed by atoms with Crippen molar-refractivity contribution >= 4 is 22.1 Å². The second-order valence-corrected chi connectivity index (χ2v) is 7.16. The highest BCUT2D eigenvalue weighted by atomic mass is 16.4. The van der Waals surface area contributed by atoms with E-state index < -0.39 is 0 Å². The second-order valence-electron chi connectivity index (χ2n) is 7.16. The van der Waals surface area contributed by atoms with E-state index in [2.05, 4.69) is 56.1 Å². The third-order valence-electron chi connectivity index (χ3n) is 5.20. The van der Waals surface area contributed by atoms with Crippen molar-refractivity contribution in [3.8, 4) is 0 Å². The Kier molecular flexibility index (Phi) is 3.06. The predicted molar refractivity (Wildman–Crippen MR) is 97.6 cm³/mol. The SMILES string of the molecule is Cc1ccc2oc([C@H]3Cc4c(oc5cc(C)ccc45)CN3C)nc2c1. The molecule has 0 saturated carbocycles. The number of benzene rings is 2. The molecule has 25 heavy (non-hydrogen) atoms. The van der Waals surface area contributed by atoms with Crippen LogP contribution in [0, 0.1) is 13.8 Å². The zero-order valence-electron chi connectivity index (χ0n) is 14.7. The van der Waals surface area contributed by atoms with Crippen LogP contribution in [0.1, 0.15) is 34.4 Å². The lowest BCUT2D eigenvalue weighted by Gasteiger charge is -2.29. The standard InChI is InChI=1S/C21H20N2O2/c1-12-5-7-18-16(8-12)22-21(25-18)17-10-15-14-6-4-13(2)9-19(14)24-20(15)11-23(17)3/h4-9,17H,10-11H2,1-3H3/t17-/m1/s1. The molecule has 1 aliphatic rings. The largest absolute Gasteiger partial charge is 0.459 e. The van der Waals surface area contributed by atoms with Gasteiger partial charge in [-0.25, -0.2) is 4.98 Å². The Morgan fingerprint density at radius 2 is 1.80 bits per heavy atom. The van der Waals surface area contributed by atoms with E-state index in [9.17, 15) is 0 Å². The molecule has 2 aromatic heterocycles. The van der Waals surface area contributed by atoms with E-state index in [0.29, 0.717) is 0 Å². The van der Waals surface area contributed by atoms with Crippen LogP contribution in [-0.2, 0) is 13.0 Å². The van der Waals surface area contributed by atoms with E-state index >= 15 is 0 Å². The summed E-state index contributed by atoms with van der Waals surface area (Å²) in [7, 11) is 2.10. The van der Waals surface area contributed by atoms with Gasteiger partial charge in [-0.15, -0.1) is 0 Å². The Morgan fingerprint density at radius 1 is 1.00 bits per heavy atom. The third kappa shape index (κ3) is 2.29. The molecule has 0 spiro atoms. The van der Waals surface area contributed by atoms with E-state index in [0.717, 1.165) is 41.3 Å². The van der Waals surface area contributed by atoms with Crippen molar-refractivity contribution in [2.75, 3.05) is 7.05 Å². The summed E-state index contributed by atoms with van der Waals surface area (Å²) in [5, 5.41) is 1.21. The summed E-state index contributed by atoms with van der Waals surface area (Å²) in [5.41, 5.74) is 6.47. The monoisotopic (exact) mass is 332 g/mol. The third-order valence-corrected chi connectivity index (χ3v) is 5.20. The van der Waals surface area contributed by atoms with Crippen LogP contribution < -0.4 is 0 Å². The number of hydrogen-bond donors (Lipinski definition) is 0. The Bertz CT molecular complexity index is 1110. The van der Waals surface area contributed by atoms with Gasteiger partial charge in [0, 0.05) is 17.4 Å². The highest BCUT2D eigenvalue weighted by Crippen LogP contribution is 2.38. The van der Waals surface area contributed by atoms with Gasteiger partial charge in [0.05, 0.1) is 12.6 Å². The molecule has 4 heteroatoms. The molecule has 4 aromatic rings. The van der Waals surface area contributed by atoms with Crippen molar-refractivity contribution in [3.05, 3.63) is 64.7 Å². The number of likely N-dealkylation sites (N-methyl/N-ethyl adjacent to an activating group) is 1. The molecule has 5 rings (SSSR count). The molecule has 0 unspecified atom stereocenters. The summed E-state index contributed by atoms with van der Waals surface area (Å²) in [6.07, 6.45) is 0.855. The van der Waals surface area contributed by atoms with Crippen LogP contribution >= 0.6 is 0 Å². The minimum Gasteiger partial charge on any atom is -0.459 e. The summed E-state index contributed by atoms with van der Waals surface area (Å²) in [4.78, 5) is 7.02. The fourth-order valence-electron chi connectivity index (χ4n) is 3.82. The molecule has 0 saturated heterocycles. The lowest BCUT2D eigenvalue weighted by molar-refractivity contribution is 0.173. The summed E-state index contributed by atoms with van der Waals surface area (Å²) in [6.45, 7) is 4.94. The number of hydrogen-bond acceptors (Lipinski definition) is 4. The highest BCUT2D eigenvalue weighted by molar-refractivity contribution is 5.83. The van der Waals surface area contributed by atoms with Gasteiger partial charge in [-0.3, -0.25) is 4.90 Å². The molecule has 4 nitrogen and oxygen atoms in total. The second kappa shape index (κ2) is 5.20. The number of furan rings is 1. The first-order valence-corrected chi connectivity index (χ1v) is 8.67. The summed E-state index contributed by atoms with van der Waals surface area (Å²) < 4.78 is 12.2. The Morgan fingerprint density at radius 3 is 2.68 bits per heavy atom. The van der Waals surface area contributed by atoms with Gasteiger partial charge in [0.15, 0.2) is 5.58 Å².